The van der Waals surface area contributed by atoms with E-state index >= 15 is 0 Å². The van der Waals surface area contributed by atoms with E-state index in [9.17, 15) is 9.59 Å². The maximum atomic E-state index is 11.9. The van der Waals surface area contributed by atoms with Crippen LogP contribution in [-0.4, -0.2) is 28.0 Å². The number of carbonyl (C=O) groups excluding carboxylic acids is 1. The van der Waals surface area contributed by atoms with Crippen LogP contribution in [-0.2, 0) is 4.74 Å². The van der Waals surface area contributed by atoms with Crippen LogP contribution in [0.25, 0.3) is 11.4 Å². The SMILES string of the molecule is CCOC(=O)c1cc(=O)nc2n1C(=N)c1ccccc1-2. The van der Waals surface area contributed by atoms with Gasteiger partial charge in [0.25, 0.3) is 5.56 Å². The third kappa shape index (κ3) is 1.65. The number of benzene rings is 1. The van der Waals surface area contributed by atoms with Gasteiger partial charge in [0.15, 0.2) is 5.82 Å². The van der Waals surface area contributed by atoms with E-state index < -0.39 is 11.5 Å². The fourth-order valence-corrected chi connectivity index (χ4v) is 2.25. The zero-order valence-corrected chi connectivity index (χ0v) is 10.7. The van der Waals surface area contributed by atoms with Gasteiger partial charge in [0.05, 0.1) is 6.61 Å². The van der Waals surface area contributed by atoms with Crippen LogP contribution in [0.3, 0.4) is 0 Å². The van der Waals surface area contributed by atoms with E-state index in [2.05, 4.69) is 4.98 Å². The maximum Gasteiger partial charge on any atom is 0.355 e. The molecular formula is C14H11N3O3. The number of carbonyl (C=O) groups is 1. The number of aromatic nitrogens is 2. The molecule has 6 heteroatoms. The van der Waals surface area contributed by atoms with Crippen LogP contribution in [0.2, 0.25) is 0 Å². The Balaban J connectivity index is 2.30. The summed E-state index contributed by atoms with van der Waals surface area (Å²) in [7, 11) is 0. The smallest absolute Gasteiger partial charge is 0.355 e. The van der Waals surface area contributed by atoms with E-state index in [-0.39, 0.29) is 18.1 Å². The van der Waals surface area contributed by atoms with E-state index in [0.717, 1.165) is 6.07 Å². The van der Waals surface area contributed by atoms with Crippen molar-refractivity contribution < 1.29 is 9.53 Å². The van der Waals surface area contributed by atoms with Gasteiger partial charge in [0.1, 0.15) is 11.5 Å². The summed E-state index contributed by atoms with van der Waals surface area (Å²) in [6, 6.07) is 8.21. The zero-order chi connectivity index (χ0) is 14.3. The lowest BCUT2D eigenvalue weighted by molar-refractivity contribution is 0.0516. The average Bonchev–Trinajstić information content (AvgIpc) is 2.72. The van der Waals surface area contributed by atoms with Gasteiger partial charge in [-0.05, 0) is 6.92 Å². The van der Waals surface area contributed by atoms with Crippen molar-refractivity contribution in [3.05, 3.63) is 51.9 Å². The summed E-state index contributed by atoms with van der Waals surface area (Å²) >= 11 is 0. The Bertz CT molecular complexity index is 792. The van der Waals surface area contributed by atoms with Gasteiger partial charge in [-0.3, -0.25) is 14.8 Å². The Labute approximate surface area is 114 Å². The van der Waals surface area contributed by atoms with Gasteiger partial charge in [-0.1, -0.05) is 24.3 Å². The van der Waals surface area contributed by atoms with Gasteiger partial charge in [-0.15, -0.1) is 0 Å². The molecule has 0 amide bonds. The second kappa shape index (κ2) is 4.41. The Hall–Kier alpha value is -2.76. The highest BCUT2D eigenvalue weighted by molar-refractivity contribution is 6.12. The van der Waals surface area contributed by atoms with Gasteiger partial charge in [0.2, 0.25) is 0 Å². The Morgan fingerprint density at radius 2 is 2.05 bits per heavy atom. The average molecular weight is 269 g/mol. The summed E-state index contributed by atoms with van der Waals surface area (Å²) in [5, 5.41) is 8.16. The largest absolute Gasteiger partial charge is 0.461 e. The van der Waals surface area contributed by atoms with Crippen LogP contribution >= 0.6 is 0 Å². The molecule has 1 aliphatic heterocycles. The molecule has 100 valence electrons. The summed E-state index contributed by atoms with van der Waals surface area (Å²) in [6.07, 6.45) is 0. The summed E-state index contributed by atoms with van der Waals surface area (Å²) in [5.41, 5.74) is 0.809. The zero-order valence-electron chi connectivity index (χ0n) is 10.7. The third-order valence-electron chi connectivity index (χ3n) is 3.06. The number of fused-ring (bicyclic) bond motifs is 3. The lowest BCUT2D eigenvalue weighted by Crippen LogP contribution is -2.24. The molecule has 1 aliphatic rings. The van der Waals surface area contributed by atoms with Gasteiger partial charge in [-0.25, -0.2) is 4.79 Å². The van der Waals surface area contributed by atoms with Crippen molar-refractivity contribution >= 4 is 11.8 Å². The maximum absolute atomic E-state index is 11.9. The van der Waals surface area contributed by atoms with Crippen molar-refractivity contribution in [2.45, 2.75) is 6.92 Å². The number of rotatable bonds is 2. The molecule has 1 aromatic carbocycles. The molecule has 0 radical (unpaired) electrons. The van der Waals surface area contributed by atoms with Crippen LogP contribution in [0, 0.1) is 5.41 Å². The lowest BCUT2D eigenvalue weighted by Gasteiger charge is -2.09. The van der Waals surface area contributed by atoms with Crippen molar-refractivity contribution in [3.63, 3.8) is 0 Å². The molecule has 20 heavy (non-hydrogen) atoms. The highest BCUT2D eigenvalue weighted by Crippen LogP contribution is 2.30. The highest BCUT2D eigenvalue weighted by atomic mass is 16.5. The topological polar surface area (TPSA) is 85.0 Å². The minimum Gasteiger partial charge on any atom is -0.461 e. The van der Waals surface area contributed by atoms with Crippen LogP contribution in [0.5, 0.6) is 0 Å². The molecule has 0 unspecified atom stereocenters. The molecule has 0 fully saturated rings. The quantitative estimate of drug-likeness (QED) is 0.710. The number of esters is 1. The predicted octanol–water partition coefficient (Wildman–Crippen LogP) is 1.27. The van der Waals surface area contributed by atoms with Crippen molar-refractivity contribution in [2.24, 2.45) is 0 Å². The molecule has 0 saturated carbocycles. The first-order chi connectivity index (χ1) is 9.63. The molecule has 3 rings (SSSR count). The number of hydrogen-bond donors (Lipinski definition) is 1. The van der Waals surface area contributed by atoms with Gasteiger partial charge in [0, 0.05) is 17.2 Å². The van der Waals surface area contributed by atoms with Gasteiger partial charge in [-0.2, -0.15) is 4.98 Å². The number of nitrogens with zero attached hydrogens (tertiary/aromatic N) is 2. The van der Waals surface area contributed by atoms with Crippen LogP contribution in [0.15, 0.2) is 35.1 Å². The molecule has 0 atom stereocenters. The third-order valence-corrected chi connectivity index (χ3v) is 3.06. The second-order valence-electron chi connectivity index (χ2n) is 4.25. The molecular weight excluding hydrogens is 258 g/mol. The van der Waals surface area contributed by atoms with E-state index in [1.54, 1.807) is 31.2 Å². The van der Waals surface area contributed by atoms with Crippen LogP contribution in [0.1, 0.15) is 23.0 Å². The molecule has 0 saturated heterocycles. The first-order valence-corrected chi connectivity index (χ1v) is 6.13. The summed E-state index contributed by atoms with van der Waals surface area (Å²) < 4.78 is 6.28. The molecule has 0 bridgehead atoms. The van der Waals surface area contributed by atoms with E-state index in [1.165, 1.54) is 4.57 Å². The normalized spacial score (nSPS) is 11.9. The monoisotopic (exact) mass is 269 g/mol. The fraction of sp³-hybridized carbons (Fsp3) is 0.143. The molecule has 2 heterocycles. The van der Waals surface area contributed by atoms with Crippen molar-refractivity contribution in [2.75, 3.05) is 6.61 Å². The van der Waals surface area contributed by atoms with E-state index in [1.807, 2.05) is 0 Å². The van der Waals surface area contributed by atoms with Gasteiger partial charge >= 0.3 is 5.97 Å². The van der Waals surface area contributed by atoms with Crippen molar-refractivity contribution in [3.8, 4) is 11.4 Å². The Kier molecular flexibility index (Phi) is 2.71. The summed E-state index contributed by atoms with van der Waals surface area (Å²) in [6.45, 7) is 1.88. The Morgan fingerprint density at radius 3 is 2.75 bits per heavy atom. The Morgan fingerprint density at radius 1 is 1.35 bits per heavy atom. The lowest BCUT2D eigenvalue weighted by atomic mass is 10.1. The predicted molar refractivity (Wildman–Crippen MR) is 72.1 cm³/mol. The van der Waals surface area contributed by atoms with Gasteiger partial charge < -0.3 is 4.74 Å². The second-order valence-corrected chi connectivity index (χ2v) is 4.25. The molecule has 2 aromatic rings. The van der Waals surface area contributed by atoms with E-state index in [4.69, 9.17) is 10.1 Å². The highest BCUT2D eigenvalue weighted by Gasteiger charge is 2.29. The van der Waals surface area contributed by atoms with Crippen LogP contribution in [0.4, 0.5) is 0 Å². The number of nitrogens with one attached hydrogen (secondary N) is 1. The fourth-order valence-electron chi connectivity index (χ4n) is 2.25. The molecule has 0 aliphatic carbocycles. The van der Waals surface area contributed by atoms with Crippen LogP contribution < -0.4 is 5.56 Å². The minimum atomic E-state index is -0.634. The molecule has 1 N–H and O–H groups in total. The van der Waals surface area contributed by atoms with E-state index in [0.29, 0.717) is 17.0 Å². The minimum absolute atomic E-state index is 0.0306. The summed E-state index contributed by atoms with van der Waals surface area (Å²) in [5.74, 6) is -0.210. The molecule has 6 nitrogen and oxygen atoms in total. The van der Waals surface area contributed by atoms with Crippen molar-refractivity contribution in [1.82, 2.24) is 9.55 Å². The summed E-state index contributed by atoms with van der Waals surface area (Å²) in [4.78, 5) is 27.5. The molecule has 0 spiro atoms. The first-order valence-electron chi connectivity index (χ1n) is 6.13. The van der Waals surface area contributed by atoms with Crippen molar-refractivity contribution in [1.29, 1.82) is 5.41 Å². The first kappa shape index (κ1) is 12.3. The number of ether oxygens (including phenoxy) is 1. The number of hydrogen-bond acceptors (Lipinski definition) is 5. The standard InChI is InChI=1S/C14H11N3O3/c1-2-20-14(19)10-7-11(18)16-13-9-6-4-3-5-8(9)12(15)17(10)13/h3-7,15H,2H2,1H3. The molecule has 1 aromatic heterocycles.